The van der Waals surface area contributed by atoms with Crippen molar-refractivity contribution in [2.24, 2.45) is 7.05 Å². The SMILES string of the molecule is Cc1nnc(SCC(=O)N2c3ccccc3C[C@@H]2C)n1C. The van der Waals surface area contributed by atoms with Crippen LogP contribution in [0.5, 0.6) is 0 Å². The summed E-state index contributed by atoms with van der Waals surface area (Å²) >= 11 is 1.44. The standard InChI is InChI=1S/C15H18N4OS/c1-10-8-12-6-4-5-7-13(12)19(10)14(20)9-21-15-17-16-11(2)18(15)3/h4-7,10H,8-9H2,1-3H3/t10-/m0/s1. The van der Waals surface area contributed by atoms with E-state index in [0.29, 0.717) is 5.75 Å². The number of aromatic nitrogens is 3. The van der Waals surface area contributed by atoms with Crippen molar-refractivity contribution in [3.63, 3.8) is 0 Å². The number of aryl methyl sites for hydroxylation is 1. The smallest absolute Gasteiger partial charge is 0.237 e. The predicted octanol–water partition coefficient (Wildman–Crippen LogP) is 2.19. The van der Waals surface area contributed by atoms with Gasteiger partial charge >= 0.3 is 0 Å². The molecule has 110 valence electrons. The van der Waals surface area contributed by atoms with Crippen molar-refractivity contribution >= 4 is 23.4 Å². The molecule has 1 atom stereocenters. The van der Waals surface area contributed by atoms with E-state index >= 15 is 0 Å². The summed E-state index contributed by atoms with van der Waals surface area (Å²) in [6.45, 7) is 3.99. The van der Waals surface area contributed by atoms with Crippen molar-refractivity contribution in [2.75, 3.05) is 10.7 Å². The molecule has 1 aromatic heterocycles. The number of hydrogen-bond donors (Lipinski definition) is 0. The summed E-state index contributed by atoms with van der Waals surface area (Å²) < 4.78 is 1.90. The van der Waals surface area contributed by atoms with E-state index in [9.17, 15) is 4.79 Å². The third-order valence-electron chi connectivity index (χ3n) is 3.85. The molecule has 0 saturated heterocycles. The normalized spacial score (nSPS) is 17.1. The van der Waals surface area contributed by atoms with Gasteiger partial charge in [0.25, 0.3) is 0 Å². The molecule has 0 bridgehead atoms. The summed E-state index contributed by atoms with van der Waals surface area (Å²) in [7, 11) is 1.91. The van der Waals surface area contributed by atoms with E-state index in [1.165, 1.54) is 17.3 Å². The molecule has 0 aliphatic carbocycles. The summed E-state index contributed by atoms with van der Waals surface area (Å²) in [4.78, 5) is 14.5. The van der Waals surface area contributed by atoms with Gasteiger partial charge in [-0.2, -0.15) is 0 Å². The number of anilines is 1. The third kappa shape index (κ3) is 2.55. The van der Waals surface area contributed by atoms with Crippen LogP contribution in [-0.4, -0.2) is 32.5 Å². The van der Waals surface area contributed by atoms with Crippen molar-refractivity contribution in [3.05, 3.63) is 35.7 Å². The lowest BCUT2D eigenvalue weighted by Crippen LogP contribution is -2.37. The Morgan fingerprint density at radius 3 is 2.86 bits per heavy atom. The Morgan fingerprint density at radius 2 is 2.14 bits per heavy atom. The minimum atomic E-state index is 0.123. The van der Waals surface area contributed by atoms with E-state index in [0.717, 1.165) is 23.1 Å². The number of hydrogen-bond acceptors (Lipinski definition) is 4. The molecule has 0 spiro atoms. The zero-order valence-corrected chi connectivity index (χ0v) is 13.2. The highest BCUT2D eigenvalue weighted by Gasteiger charge is 2.30. The molecule has 1 aliphatic rings. The zero-order valence-electron chi connectivity index (χ0n) is 12.4. The summed E-state index contributed by atoms with van der Waals surface area (Å²) in [5.41, 5.74) is 2.29. The van der Waals surface area contributed by atoms with Gasteiger partial charge in [0.05, 0.1) is 5.75 Å². The fourth-order valence-corrected chi connectivity index (χ4v) is 3.47. The van der Waals surface area contributed by atoms with Crippen molar-refractivity contribution in [1.29, 1.82) is 0 Å². The topological polar surface area (TPSA) is 51.0 Å². The highest BCUT2D eigenvalue weighted by atomic mass is 32.2. The van der Waals surface area contributed by atoms with E-state index in [2.05, 4.69) is 23.2 Å². The fourth-order valence-electron chi connectivity index (χ4n) is 2.65. The second kappa shape index (κ2) is 5.52. The lowest BCUT2D eigenvalue weighted by molar-refractivity contribution is -0.116. The highest BCUT2D eigenvalue weighted by molar-refractivity contribution is 7.99. The average Bonchev–Trinajstić information content (AvgIpc) is 2.97. The minimum absolute atomic E-state index is 0.123. The number of para-hydroxylation sites is 1. The zero-order chi connectivity index (χ0) is 15.0. The molecule has 2 aromatic rings. The molecular weight excluding hydrogens is 284 g/mol. The van der Waals surface area contributed by atoms with Gasteiger partial charge in [-0.1, -0.05) is 30.0 Å². The van der Waals surface area contributed by atoms with Crippen LogP contribution >= 0.6 is 11.8 Å². The number of benzene rings is 1. The number of fused-ring (bicyclic) bond motifs is 1. The van der Waals surface area contributed by atoms with Gasteiger partial charge in [0.1, 0.15) is 5.82 Å². The summed E-state index contributed by atoms with van der Waals surface area (Å²) in [6.07, 6.45) is 0.926. The van der Waals surface area contributed by atoms with Crippen molar-refractivity contribution < 1.29 is 4.79 Å². The molecule has 0 unspecified atom stereocenters. The Balaban J connectivity index is 1.73. The van der Waals surface area contributed by atoms with Gasteiger partial charge in [0.15, 0.2) is 5.16 Å². The fraction of sp³-hybridized carbons (Fsp3) is 0.400. The summed E-state index contributed by atoms with van der Waals surface area (Å²) in [6, 6.07) is 8.34. The van der Waals surface area contributed by atoms with Crippen LogP contribution in [0.3, 0.4) is 0 Å². The Labute approximate surface area is 128 Å². The maximum absolute atomic E-state index is 12.6. The van der Waals surface area contributed by atoms with Gasteiger partial charge in [0, 0.05) is 18.8 Å². The number of nitrogens with zero attached hydrogens (tertiary/aromatic N) is 4. The third-order valence-corrected chi connectivity index (χ3v) is 4.86. The van der Waals surface area contributed by atoms with Crippen molar-refractivity contribution in [3.8, 4) is 0 Å². The molecule has 0 saturated carbocycles. The molecular formula is C15H18N4OS. The Morgan fingerprint density at radius 1 is 1.38 bits per heavy atom. The van der Waals surface area contributed by atoms with E-state index in [-0.39, 0.29) is 11.9 Å². The lowest BCUT2D eigenvalue weighted by Gasteiger charge is -2.22. The van der Waals surface area contributed by atoms with Crippen LogP contribution in [0.15, 0.2) is 29.4 Å². The quantitative estimate of drug-likeness (QED) is 0.816. The van der Waals surface area contributed by atoms with Crippen LogP contribution in [0.1, 0.15) is 18.3 Å². The minimum Gasteiger partial charge on any atom is -0.309 e. The second-order valence-corrected chi connectivity index (χ2v) is 6.27. The van der Waals surface area contributed by atoms with Crippen LogP contribution in [0.4, 0.5) is 5.69 Å². The summed E-state index contributed by atoms with van der Waals surface area (Å²) in [5.74, 6) is 1.35. The Hall–Kier alpha value is -1.82. The first kappa shape index (κ1) is 14.1. The van der Waals surface area contributed by atoms with E-state index < -0.39 is 0 Å². The molecule has 1 aromatic carbocycles. The van der Waals surface area contributed by atoms with Gasteiger partial charge in [0.2, 0.25) is 5.91 Å². The predicted molar refractivity (Wildman–Crippen MR) is 83.6 cm³/mol. The summed E-state index contributed by atoms with van der Waals surface area (Å²) in [5, 5.41) is 8.87. The van der Waals surface area contributed by atoms with Crippen molar-refractivity contribution in [2.45, 2.75) is 31.5 Å². The molecule has 1 aliphatic heterocycles. The average molecular weight is 302 g/mol. The molecule has 21 heavy (non-hydrogen) atoms. The van der Waals surface area contributed by atoms with Crippen LogP contribution in [0, 0.1) is 6.92 Å². The van der Waals surface area contributed by atoms with Gasteiger partial charge in [-0.25, -0.2) is 0 Å². The monoisotopic (exact) mass is 302 g/mol. The second-order valence-electron chi connectivity index (χ2n) is 5.32. The highest BCUT2D eigenvalue weighted by Crippen LogP contribution is 2.32. The molecule has 3 rings (SSSR count). The Kier molecular flexibility index (Phi) is 3.71. The largest absolute Gasteiger partial charge is 0.309 e. The van der Waals surface area contributed by atoms with Crippen LogP contribution in [0.25, 0.3) is 0 Å². The molecule has 0 fully saturated rings. The van der Waals surface area contributed by atoms with Gasteiger partial charge in [-0.15, -0.1) is 10.2 Å². The molecule has 5 nitrogen and oxygen atoms in total. The van der Waals surface area contributed by atoms with Gasteiger partial charge < -0.3 is 9.47 Å². The number of amides is 1. The van der Waals surface area contributed by atoms with Crippen LogP contribution in [0.2, 0.25) is 0 Å². The molecule has 0 N–H and O–H groups in total. The molecule has 0 radical (unpaired) electrons. The van der Waals surface area contributed by atoms with E-state index in [1.54, 1.807) is 0 Å². The Bertz CT molecular complexity index is 682. The first-order valence-corrected chi connectivity index (χ1v) is 7.95. The van der Waals surface area contributed by atoms with Crippen molar-refractivity contribution in [1.82, 2.24) is 14.8 Å². The van der Waals surface area contributed by atoms with Gasteiger partial charge in [-0.05, 0) is 31.9 Å². The first-order valence-electron chi connectivity index (χ1n) is 6.96. The maximum atomic E-state index is 12.6. The molecule has 6 heteroatoms. The van der Waals surface area contributed by atoms with Gasteiger partial charge in [-0.3, -0.25) is 4.79 Å². The first-order chi connectivity index (χ1) is 10.1. The van der Waals surface area contributed by atoms with Crippen LogP contribution < -0.4 is 4.90 Å². The van der Waals surface area contributed by atoms with Crippen LogP contribution in [-0.2, 0) is 18.3 Å². The molecule has 2 heterocycles. The molecule has 1 amide bonds. The maximum Gasteiger partial charge on any atom is 0.237 e. The van der Waals surface area contributed by atoms with E-state index in [4.69, 9.17) is 0 Å². The number of carbonyl (C=O) groups is 1. The number of carbonyl (C=O) groups excluding carboxylic acids is 1. The van der Waals surface area contributed by atoms with E-state index in [1.807, 2.05) is 41.6 Å². The number of thioether (sulfide) groups is 1. The number of rotatable bonds is 3. The lowest BCUT2D eigenvalue weighted by atomic mass is 10.1.